The van der Waals surface area contributed by atoms with Gasteiger partial charge in [-0.3, -0.25) is 0 Å². The second-order valence-electron chi connectivity index (χ2n) is 4.17. The van der Waals surface area contributed by atoms with E-state index < -0.39 is 17.7 Å². The van der Waals surface area contributed by atoms with E-state index in [4.69, 9.17) is 4.74 Å². The second-order valence-corrected chi connectivity index (χ2v) is 4.17. The number of hydrogen-bond acceptors (Lipinski definition) is 2. The molecule has 0 saturated carbocycles. The van der Waals surface area contributed by atoms with Crippen LogP contribution in [0.4, 0.5) is 13.2 Å². The van der Waals surface area contributed by atoms with Crippen LogP contribution in [0.15, 0.2) is 18.2 Å². The number of piperidine rings is 1. The largest absolute Gasteiger partial charge is 0.494 e. The van der Waals surface area contributed by atoms with E-state index in [-0.39, 0.29) is 12.3 Å². The van der Waals surface area contributed by atoms with Gasteiger partial charge < -0.3 is 10.1 Å². The Morgan fingerprint density at radius 1 is 1.41 bits per heavy atom. The van der Waals surface area contributed by atoms with Crippen LogP contribution in [0, 0.1) is 5.82 Å². The van der Waals surface area contributed by atoms with Gasteiger partial charge in [-0.15, -0.1) is 0 Å². The van der Waals surface area contributed by atoms with Gasteiger partial charge in [-0.05, 0) is 30.7 Å². The summed E-state index contributed by atoms with van der Waals surface area (Å²) in [4.78, 5) is 0. The van der Waals surface area contributed by atoms with Crippen LogP contribution in [0.2, 0.25) is 0 Å². The maximum Gasteiger partial charge on any atom is 0.267 e. The lowest BCUT2D eigenvalue weighted by Gasteiger charge is -2.32. The van der Waals surface area contributed by atoms with Gasteiger partial charge in [0.05, 0.1) is 19.6 Å². The first kappa shape index (κ1) is 12.2. The van der Waals surface area contributed by atoms with Crippen molar-refractivity contribution in [1.29, 1.82) is 0 Å². The van der Waals surface area contributed by atoms with Crippen molar-refractivity contribution < 1.29 is 17.9 Å². The first-order chi connectivity index (χ1) is 8.04. The molecule has 5 heteroatoms. The van der Waals surface area contributed by atoms with Gasteiger partial charge in [0.25, 0.3) is 5.92 Å². The highest BCUT2D eigenvalue weighted by atomic mass is 19.3. The standard InChI is InChI=1S/C12H14F3NO/c1-17-11-3-2-8(6-10(11)13)9-4-5-16-7-12(9,14)15/h2-3,6,9,16H,4-5,7H2,1H3. The Labute approximate surface area is 97.8 Å². The fraction of sp³-hybridized carbons (Fsp3) is 0.500. The summed E-state index contributed by atoms with van der Waals surface area (Å²) >= 11 is 0. The molecular weight excluding hydrogens is 231 g/mol. The molecule has 0 bridgehead atoms. The zero-order chi connectivity index (χ0) is 12.5. The van der Waals surface area contributed by atoms with Crippen LogP contribution in [-0.4, -0.2) is 26.1 Å². The molecule has 1 aromatic rings. The van der Waals surface area contributed by atoms with Crippen LogP contribution < -0.4 is 10.1 Å². The number of hydrogen-bond donors (Lipinski definition) is 1. The Hall–Kier alpha value is -1.23. The van der Waals surface area contributed by atoms with Crippen molar-refractivity contribution in [1.82, 2.24) is 5.32 Å². The molecule has 0 amide bonds. The fourth-order valence-electron chi connectivity index (χ4n) is 2.15. The lowest BCUT2D eigenvalue weighted by molar-refractivity contribution is -0.0420. The van der Waals surface area contributed by atoms with Crippen LogP contribution in [0.25, 0.3) is 0 Å². The minimum atomic E-state index is -2.83. The molecule has 1 fully saturated rings. The van der Waals surface area contributed by atoms with Gasteiger partial charge in [0.2, 0.25) is 0 Å². The maximum atomic E-state index is 13.7. The molecular formula is C12H14F3NO. The highest BCUT2D eigenvalue weighted by Crippen LogP contribution is 2.38. The monoisotopic (exact) mass is 245 g/mol. The summed E-state index contributed by atoms with van der Waals surface area (Å²) in [6.45, 7) is 0.166. The predicted molar refractivity (Wildman–Crippen MR) is 58.1 cm³/mol. The van der Waals surface area contributed by atoms with Crippen LogP contribution in [0.3, 0.4) is 0 Å². The molecule has 1 saturated heterocycles. The van der Waals surface area contributed by atoms with E-state index in [1.807, 2.05) is 0 Å². The molecule has 0 aliphatic carbocycles. The summed E-state index contributed by atoms with van der Waals surface area (Å²) in [5.41, 5.74) is 0.329. The summed E-state index contributed by atoms with van der Waals surface area (Å²) in [6.07, 6.45) is 0.304. The highest BCUT2D eigenvalue weighted by Gasteiger charge is 2.42. The highest BCUT2D eigenvalue weighted by molar-refractivity contribution is 5.32. The molecule has 0 spiro atoms. The van der Waals surface area contributed by atoms with Crippen molar-refractivity contribution >= 4 is 0 Å². The van der Waals surface area contributed by atoms with Gasteiger partial charge >= 0.3 is 0 Å². The topological polar surface area (TPSA) is 21.3 Å². The van der Waals surface area contributed by atoms with E-state index in [0.717, 1.165) is 6.07 Å². The van der Waals surface area contributed by atoms with E-state index in [1.54, 1.807) is 0 Å². The van der Waals surface area contributed by atoms with E-state index in [2.05, 4.69) is 5.32 Å². The van der Waals surface area contributed by atoms with E-state index in [0.29, 0.717) is 18.5 Å². The van der Waals surface area contributed by atoms with Gasteiger partial charge in [0.1, 0.15) is 0 Å². The molecule has 1 aliphatic rings. The molecule has 17 heavy (non-hydrogen) atoms. The molecule has 1 N–H and O–H groups in total. The summed E-state index contributed by atoms with van der Waals surface area (Å²) in [6, 6.07) is 4.04. The number of methoxy groups -OCH3 is 1. The third-order valence-corrected chi connectivity index (χ3v) is 3.06. The molecule has 1 unspecified atom stereocenters. The first-order valence-corrected chi connectivity index (χ1v) is 5.46. The fourth-order valence-corrected chi connectivity index (χ4v) is 2.15. The Morgan fingerprint density at radius 2 is 2.18 bits per heavy atom. The van der Waals surface area contributed by atoms with Crippen molar-refractivity contribution in [2.45, 2.75) is 18.3 Å². The van der Waals surface area contributed by atoms with E-state index in [1.165, 1.54) is 19.2 Å². The van der Waals surface area contributed by atoms with E-state index in [9.17, 15) is 13.2 Å². The van der Waals surface area contributed by atoms with Gasteiger partial charge in [-0.2, -0.15) is 0 Å². The third kappa shape index (κ3) is 2.39. The maximum absolute atomic E-state index is 13.7. The molecule has 94 valence electrons. The number of halogens is 3. The first-order valence-electron chi connectivity index (χ1n) is 5.46. The number of nitrogens with one attached hydrogen (secondary N) is 1. The van der Waals surface area contributed by atoms with Crippen LogP contribution in [0.5, 0.6) is 5.75 Å². The van der Waals surface area contributed by atoms with Crippen LogP contribution in [0.1, 0.15) is 17.9 Å². The SMILES string of the molecule is COc1ccc(C2CCNCC2(F)F)cc1F. The molecule has 1 aromatic carbocycles. The second kappa shape index (κ2) is 4.56. The average Bonchev–Trinajstić information content (AvgIpc) is 2.28. The van der Waals surface area contributed by atoms with Gasteiger partial charge in [-0.25, -0.2) is 13.2 Å². The summed E-state index contributed by atoms with van der Waals surface area (Å²) in [5, 5.41) is 2.64. The van der Waals surface area contributed by atoms with Gasteiger partial charge in [-0.1, -0.05) is 6.07 Å². The zero-order valence-corrected chi connectivity index (χ0v) is 9.47. The van der Waals surface area contributed by atoms with E-state index >= 15 is 0 Å². The van der Waals surface area contributed by atoms with Crippen LogP contribution in [-0.2, 0) is 0 Å². The summed E-state index contributed by atoms with van der Waals surface area (Å²) in [5.74, 6) is -4.28. The molecule has 0 radical (unpaired) electrons. The Bertz CT molecular complexity index is 409. The predicted octanol–water partition coefficient (Wildman–Crippen LogP) is 2.55. The van der Waals surface area contributed by atoms with Gasteiger partial charge in [0, 0.05) is 0 Å². The normalized spacial score (nSPS) is 23.4. The van der Waals surface area contributed by atoms with Crippen molar-refractivity contribution in [3.8, 4) is 5.75 Å². The quantitative estimate of drug-likeness (QED) is 0.864. The third-order valence-electron chi connectivity index (χ3n) is 3.06. The number of benzene rings is 1. The minimum Gasteiger partial charge on any atom is -0.494 e. The number of ether oxygens (including phenoxy) is 1. The van der Waals surface area contributed by atoms with Gasteiger partial charge in [0.15, 0.2) is 11.6 Å². The molecule has 0 aromatic heterocycles. The Kier molecular flexibility index (Phi) is 3.28. The number of rotatable bonds is 2. The summed E-state index contributed by atoms with van der Waals surface area (Å²) in [7, 11) is 1.34. The van der Waals surface area contributed by atoms with Crippen molar-refractivity contribution in [3.63, 3.8) is 0 Å². The molecule has 1 aliphatic heterocycles. The summed E-state index contributed by atoms with van der Waals surface area (Å²) < 4.78 is 45.5. The van der Waals surface area contributed by atoms with Crippen LogP contribution >= 0.6 is 0 Å². The van der Waals surface area contributed by atoms with Crippen molar-refractivity contribution in [2.24, 2.45) is 0 Å². The minimum absolute atomic E-state index is 0.0750. The molecule has 1 heterocycles. The van der Waals surface area contributed by atoms with Crippen molar-refractivity contribution in [2.75, 3.05) is 20.2 Å². The Morgan fingerprint density at radius 3 is 2.76 bits per heavy atom. The lowest BCUT2D eigenvalue weighted by atomic mass is 9.87. The molecule has 1 atom stereocenters. The molecule has 2 nitrogen and oxygen atoms in total. The smallest absolute Gasteiger partial charge is 0.267 e. The lowest BCUT2D eigenvalue weighted by Crippen LogP contribution is -2.44. The Balaban J connectivity index is 2.30. The van der Waals surface area contributed by atoms with Crippen molar-refractivity contribution in [3.05, 3.63) is 29.6 Å². The zero-order valence-electron chi connectivity index (χ0n) is 9.47. The number of alkyl halides is 2. The average molecular weight is 245 g/mol. The molecule has 2 rings (SSSR count).